The van der Waals surface area contributed by atoms with E-state index in [1.54, 1.807) is 24.3 Å². The summed E-state index contributed by atoms with van der Waals surface area (Å²) in [4.78, 5) is 4.91. The summed E-state index contributed by atoms with van der Waals surface area (Å²) in [5, 5.41) is 10.7. The van der Waals surface area contributed by atoms with Gasteiger partial charge < -0.3 is 15.2 Å². The molecule has 31 heavy (non-hydrogen) atoms. The number of benzene rings is 1. The van der Waals surface area contributed by atoms with E-state index in [1.165, 1.54) is 0 Å². The van der Waals surface area contributed by atoms with E-state index in [9.17, 15) is 8.42 Å². The van der Waals surface area contributed by atoms with Crippen LogP contribution in [0, 0.1) is 0 Å². The molecule has 1 fully saturated rings. The van der Waals surface area contributed by atoms with Gasteiger partial charge in [0.1, 0.15) is 5.76 Å². The predicted octanol–water partition coefficient (Wildman–Crippen LogP) is 3.11. The Kier molecular flexibility index (Phi) is 9.76. The van der Waals surface area contributed by atoms with Crippen molar-refractivity contribution >= 4 is 40.0 Å². The minimum absolute atomic E-state index is 0. The number of aromatic nitrogens is 1. The van der Waals surface area contributed by atoms with Crippen LogP contribution < -0.4 is 15.4 Å². The summed E-state index contributed by atoms with van der Waals surface area (Å²) in [6.45, 7) is 7.89. The van der Waals surface area contributed by atoms with E-state index in [1.807, 2.05) is 13.8 Å². The zero-order valence-electron chi connectivity index (χ0n) is 18.3. The average molecular weight is 561 g/mol. The van der Waals surface area contributed by atoms with Crippen LogP contribution in [0.2, 0.25) is 0 Å². The molecule has 3 rings (SSSR count). The van der Waals surface area contributed by atoms with Gasteiger partial charge in [-0.1, -0.05) is 31.1 Å². The molecule has 0 aliphatic heterocycles. The molecule has 0 spiro atoms. The van der Waals surface area contributed by atoms with Crippen LogP contribution >= 0.6 is 24.0 Å². The molecule has 0 saturated heterocycles. The van der Waals surface area contributed by atoms with E-state index >= 15 is 0 Å². The molecule has 0 bridgehead atoms. The van der Waals surface area contributed by atoms with Gasteiger partial charge in [-0.15, -0.1) is 24.0 Å². The number of nitrogens with one attached hydrogen (secondary N) is 3. The minimum Gasteiger partial charge on any atom is -0.361 e. The van der Waals surface area contributed by atoms with Crippen molar-refractivity contribution in [3.8, 4) is 0 Å². The third-order valence-corrected chi connectivity index (χ3v) is 6.47. The van der Waals surface area contributed by atoms with Crippen molar-refractivity contribution in [3.05, 3.63) is 46.8 Å². The number of rotatable bonds is 10. The van der Waals surface area contributed by atoms with Crippen molar-refractivity contribution in [2.75, 3.05) is 6.54 Å². The van der Waals surface area contributed by atoms with Gasteiger partial charge in [0.15, 0.2) is 5.96 Å². The molecule has 1 aromatic heterocycles. The maximum Gasteiger partial charge on any atom is 0.240 e. The summed E-state index contributed by atoms with van der Waals surface area (Å²) in [6.07, 6.45) is 3.45. The van der Waals surface area contributed by atoms with Crippen LogP contribution in [0.4, 0.5) is 0 Å². The molecular weight excluding hydrogens is 529 g/mol. The summed E-state index contributed by atoms with van der Waals surface area (Å²) in [6, 6.07) is 6.97. The smallest absolute Gasteiger partial charge is 0.240 e. The molecule has 3 N–H and O–H groups in total. The number of nitrogens with zero attached hydrogens (tertiary/aromatic N) is 2. The first-order valence-corrected chi connectivity index (χ1v) is 12.0. The van der Waals surface area contributed by atoms with E-state index < -0.39 is 10.0 Å². The van der Waals surface area contributed by atoms with Crippen molar-refractivity contribution in [2.45, 2.75) is 70.5 Å². The lowest BCUT2D eigenvalue weighted by atomic mass is 10.1. The second-order valence-corrected chi connectivity index (χ2v) is 9.04. The molecule has 0 unspecified atom stereocenters. The number of hydrogen-bond donors (Lipinski definition) is 3. The van der Waals surface area contributed by atoms with Gasteiger partial charge >= 0.3 is 0 Å². The van der Waals surface area contributed by atoms with Crippen molar-refractivity contribution < 1.29 is 12.9 Å². The Labute approximate surface area is 201 Å². The van der Waals surface area contributed by atoms with Gasteiger partial charge in [-0.05, 0) is 43.9 Å². The number of guanidine groups is 1. The SMILES string of the molecule is CCNC(=NCc1ccc(S(=O)(=O)NC2CC2)cc1)NCc1c(CC)noc1CC.I. The Morgan fingerprint density at radius 3 is 2.42 bits per heavy atom. The molecule has 1 aliphatic rings. The van der Waals surface area contributed by atoms with Gasteiger partial charge in [-0.3, -0.25) is 0 Å². The highest BCUT2D eigenvalue weighted by atomic mass is 127. The topological polar surface area (TPSA) is 109 Å². The quantitative estimate of drug-likeness (QED) is 0.234. The molecule has 1 saturated carbocycles. The van der Waals surface area contributed by atoms with Crippen LogP contribution in [0.15, 0.2) is 38.7 Å². The Morgan fingerprint density at radius 2 is 1.84 bits per heavy atom. The lowest BCUT2D eigenvalue weighted by molar-refractivity contribution is 0.380. The molecule has 1 aromatic carbocycles. The first-order chi connectivity index (χ1) is 14.5. The Morgan fingerprint density at radius 1 is 1.13 bits per heavy atom. The summed E-state index contributed by atoms with van der Waals surface area (Å²) in [5.41, 5.74) is 2.99. The van der Waals surface area contributed by atoms with E-state index in [0.29, 0.717) is 23.9 Å². The van der Waals surface area contributed by atoms with Gasteiger partial charge in [0.05, 0.1) is 17.1 Å². The third kappa shape index (κ3) is 7.18. The fourth-order valence-electron chi connectivity index (χ4n) is 3.08. The van der Waals surface area contributed by atoms with E-state index in [0.717, 1.165) is 54.8 Å². The molecule has 0 amide bonds. The molecule has 1 heterocycles. The summed E-state index contributed by atoms with van der Waals surface area (Å²) >= 11 is 0. The van der Waals surface area contributed by atoms with E-state index in [-0.39, 0.29) is 30.0 Å². The van der Waals surface area contributed by atoms with Gasteiger partial charge in [0.2, 0.25) is 10.0 Å². The number of halogens is 1. The van der Waals surface area contributed by atoms with Crippen LogP contribution in [0.25, 0.3) is 0 Å². The Hall–Kier alpha value is -1.66. The van der Waals surface area contributed by atoms with Crippen LogP contribution in [0.5, 0.6) is 0 Å². The lowest BCUT2D eigenvalue weighted by Crippen LogP contribution is -2.37. The minimum atomic E-state index is -3.43. The van der Waals surface area contributed by atoms with Crippen LogP contribution in [0.1, 0.15) is 56.2 Å². The number of sulfonamides is 1. The Balaban J connectivity index is 0.00000341. The zero-order chi connectivity index (χ0) is 21.6. The second kappa shape index (κ2) is 11.8. The van der Waals surface area contributed by atoms with E-state index in [2.05, 4.69) is 32.4 Å². The van der Waals surface area contributed by atoms with Gasteiger partial charge in [-0.2, -0.15) is 0 Å². The molecule has 172 valence electrons. The number of aliphatic imine (C=N–C) groups is 1. The van der Waals surface area contributed by atoms with Gasteiger partial charge in [0, 0.05) is 31.1 Å². The first-order valence-electron chi connectivity index (χ1n) is 10.6. The molecule has 2 aromatic rings. The largest absolute Gasteiger partial charge is 0.361 e. The molecule has 0 radical (unpaired) electrons. The van der Waals surface area contributed by atoms with Crippen LogP contribution in [-0.4, -0.2) is 32.1 Å². The lowest BCUT2D eigenvalue weighted by Gasteiger charge is -2.12. The highest BCUT2D eigenvalue weighted by Gasteiger charge is 2.27. The van der Waals surface area contributed by atoms with Crippen molar-refractivity contribution in [1.29, 1.82) is 0 Å². The molecular formula is C21H32IN5O3S. The Bertz CT molecular complexity index is 948. The maximum absolute atomic E-state index is 12.3. The van der Waals surface area contributed by atoms with Gasteiger partial charge in [-0.25, -0.2) is 18.1 Å². The van der Waals surface area contributed by atoms with Crippen molar-refractivity contribution in [3.63, 3.8) is 0 Å². The molecule has 10 heteroatoms. The fraction of sp³-hybridized carbons (Fsp3) is 0.524. The standard InChI is InChI=1S/C21H31N5O3S.HI/c1-4-19-18(20(5-2)29-25-19)14-24-21(22-6-3)23-13-15-7-11-17(12-8-15)30(27,28)26-16-9-10-16;/h7-8,11-12,16,26H,4-6,9-10,13-14H2,1-3H3,(H2,22,23,24);1H. The summed E-state index contributed by atoms with van der Waals surface area (Å²) < 4.78 is 32.7. The van der Waals surface area contributed by atoms with Crippen LogP contribution in [-0.2, 0) is 36.0 Å². The van der Waals surface area contributed by atoms with Gasteiger partial charge in [0.25, 0.3) is 0 Å². The summed E-state index contributed by atoms with van der Waals surface area (Å²) in [5.74, 6) is 1.58. The average Bonchev–Trinajstić information content (AvgIpc) is 3.45. The molecule has 1 aliphatic carbocycles. The number of aryl methyl sites for hydroxylation is 2. The van der Waals surface area contributed by atoms with Crippen molar-refractivity contribution in [2.24, 2.45) is 4.99 Å². The zero-order valence-corrected chi connectivity index (χ0v) is 21.4. The molecule has 8 nitrogen and oxygen atoms in total. The first kappa shape index (κ1) is 25.6. The highest BCUT2D eigenvalue weighted by molar-refractivity contribution is 14.0. The van der Waals surface area contributed by atoms with E-state index in [4.69, 9.17) is 4.52 Å². The normalized spacial score (nSPS) is 14.2. The maximum atomic E-state index is 12.3. The molecule has 0 atom stereocenters. The highest BCUT2D eigenvalue weighted by Crippen LogP contribution is 2.22. The number of hydrogen-bond acceptors (Lipinski definition) is 5. The fourth-order valence-corrected chi connectivity index (χ4v) is 4.39. The van der Waals surface area contributed by atoms with Crippen LogP contribution in [0.3, 0.4) is 0 Å². The third-order valence-electron chi connectivity index (χ3n) is 4.94. The monoisotopic (exact) mass is 561 g/mol. The predicted molar refractivity (Wildman–Crippen MR) is 132 cm³/mol. The summed E-state index contributed by atoms with van der Waals surface area (Å²) in [7, 11) is -3.43. The second-order valence-electron chi connectivity index (χ2n) is 7.33. The van der Waals surface area contributed by atoms with Crippen molar-refractivity contribution in [1.82, 2.24) is 20.5 Å².